The fourth-order valence-corrected chi connectivity index (χ4v) is 3.67. The third-order valence-corrected chi connectivity index (χ3v) is 5.23. The van der Waals surface area contributed by atoms with Crippen LogP contribution in [0.4, 0.5) is 4.79 Å². The summed E-state index contributed by atoms with van der Waals surface area (Å²) in [5.74, 6) is -0.879. The van der Waals surface area contributed by atoms with Crippen LogP contribution >= 0.6 is 11.6 Å². The number of esters is 1. The molecule has 1 amide bonds. The number of hydrogen-bond donors (Lipinski definition) is 0. The van der Waals surface area contributed by atoms with Crippen LogP contribution in [0.1, 0.15) is 51.0 Å². The molecule has 1 atom stereocenters. The highest BCUT2D eigenvalue weighted by atomic mass is 35.5. The van der Waals surface area contributed by atoms with Crippen LogP contribution in [0.2, 0.25) is 5.02 Å². The number of nitrogens with zero attached hydrogens (tertiary/aromatic N) is 1. The summed E-state index contributed by atoms with van der Waals surface area (Å²) in [6.45, 7) is 0.782. The van der Waals surface area contributed by atoms with Gasteiger partial charge in [-0.2, -0.15) is 0 Å². The number of hydrogen-bond acceptors (Lipinski definition) is 6. The summed E-state index contributed by atoms with van der Waals surface area (Å²) in [5, 5.41) is 0.396. The number of rotatable bonds is 7. The molecule has 0 spiro atoms. The number of benzene rings is 1. The van der Waals surface area contributed by atoms with Crippen LogP contribution in [-0.4, -0.2) is 42.4 Å². The van der Waals surface area contributed by atoms with Gasteiger partial charge in [-0.1, -0.05) is 29.8 Å². The van der Waals surface area contributed by atoms with Gasteiger partial charge >= 0.3 is 12.1 Å². The highest BCUT2D eigenvalue weighted by molar-refractivity contribution is 6.31. The summed E-state index contributed by atoms with van der Waals surface area (Å²) in [5.41, 5.74) is -0.661. The maximum absolute atomic E-state index is 12.9. The quantitative estimate of drug-likeness (QED) is 0.504. The maximum atomic E-state index is 12.9. The van der Waals surface area contributed by atoms with E-state index in [1.165, 1.54) is 18.9 Å². The lowest BCUT2D eigenvalue weighted by atomic mass is 9.74. The fraction of sp³-hybridized carbons (Fsp3) is 0.500. The third kappa shape index (κ3) is 4.90. The van der Waals surface area contributed by atoms with Crippen molar-refractivity contribution in [3.8, 4) is 0 Å². The molecule has 0 aromatic heterocycles. The Morgan fingerprint density at radius 1 is 1.14 bits per heavy atom. The third-order valence-electron chi connectivity index (χ3n) is 4.90. The smallest absolute Gasteiger partial charge is 0.413 e. The second-order valence-electron chi connectivity index (χ2n) is 6.78. The van der Waals surface area contributed by atoms with E-state index >= 15 is 0 Å². The number of carbonyl (C=O) groups is 4. The van der Waals surface area contributed by atoms with Gasteiger partial charge in [-0.15, -0.1) is 0 Å². The maximum Gasteiger partial charge on any atom is 0.413 e. The molecule has 0 aliphatic heterocycles. The van der Waals surface area contributed by atoms with E-state index in [4.69, 9.17) is 21.1 Å². The molecular weight excluding hydrogens is 386 g/mol. The number of ether oxygens (including phenoxy) is 2. The van der Waals surface area contributed by atoms with E-state index < -0.39 is 24.4 Å². The van der Waals surface area contributed by atoms with Crippen molar-refractivity contribution in [1.82, 2.24) is 4.90 Å². The molecule has 0 unspecified atom stereocenters. The van der Waals surface area contributed by atoms with Crippen LogP contribution in [0.15, 0.2) is 24.3 Å². The zero-order valence-electron chi connectivity index (χ0n) is 16.0. The van der Waals surface area contributed by atoms with Gasteiger partial charge in [-0.25, -0.2) is 4.79 Å². The molecule has 7 nitrogen and oxygen atoms in total. The Labute approximate surface area is 168 Å². The van der Waals surface area contributed by atoms with E-state index in [0.29, 0.717) is 23.4 Å². The van der Waals surface area contributed by atoms with Crippen LogP contribution in [-0.2, 0) is 29.4 Å². The van der Waals surface area contributed by atoms with E-state index in [1.807, 2.05) is 0 Å². The van der Waals surface area contributed by atoms with Gasteiger partial charge in [0.05, 0.1) is 6.42 Å². The number of amides is 1. The Hall–Kier alpha value is -2.41. The van der Waals surface area contributed by atoms with Crippen molar-refractivity contribution in [2.24, 2.45) is 0 Å². The summed E-state index contributed by atoms with van der Waals surface area (Å²) >= 11 is 6.34. The minimum absolute atomic E-state index is 0.0663. The Balaban J connectivity index is 2.11. The molecule has 0 heterocycles. The summed E-state index contributed by atoms with van der Waals surface area (Å²) in [4.78, 5) is 49.2. The first-order valence-electron chi connectivity index (χ1n) is 9.13. The topological polar surface area (TPSA) is 90.0 Å². The first-order valence-corrected chi connectivity index (χ1v) is 9.51. The molecule has 0 saturated heterocycles. The Morgan fingerprint density at radius 3 is 2.50 bits per heavy atom. The van der Waals surface area contributed by atoms with E-state index in [9.17, 15) is 19.2 Å². The monoisotopic (exact) mass is 409 g/mol. The normalized spacial score (nSPS) is 19.0. The van der Waals surface area contributed by atoms with E-state index in [1.54, 1.807) is 24.3 Å². The van der Waals surface area contributed by atoms with Crippen molar-refractivity contribution >= 4 is 35.2 Å². The van der Waals surface area contributed by atoms with Crippen LogP contribution < -0.4 is 0 Å². The van der Waals surface area contributed by atoms with Crippen molar-refractivity contribution in [2.45, 2.75) is 51.0 Å². The molecule has 0 N–H and O–H groups in total. The largest absolute Gasteiger partial charge is 0.428 e. The summed E-state index contributed by atoms with van der Waals surface area (Å²) in [6, 6.07) is 6.93. The molecule has 28 heavy (non-hydrogen) atoms. The lowest BCUT2D eigenvalue weighted by Gasteiger charge is -2.43. The van der Waals surface area contributed by atoms with Crippen LogP contribution in [0.5, 0.6) is 0 Å². The average Bonchev–Trinajstić information content (AvgIpc) is 2.67. The minimum Gasteiger partial charge on any atom is -0.428 e. The highest BCUT2D eigenvalue weighted by Crippen LogP contribution is 2.42. The standard InChI is InChI=1S/C20H24ClNO6/c1-14(23)10-11-18(25)27-13-28-19(26)22(2)20(12-6-5-9-17(20)24)15-7-3-4-8-16(15)21/h3-4,7-8H,5-6,9-13H2,1-2H3/t20-/m0/s1. The zero-order valence-corrected chi connectivity index (χ0v) is 16.8. The van der Waals surface area contributed by atoms with Gasteiger partial charge in [0.25, 0.3) is 0 Å². The van der Waals surface area contributed by atoms with Gasteiger partial charge in [0, 0.05) is 30.5 Å². The van der Waals surface area contributed by atoms with Gasteiger partial charge in [0.15, 0.2) is 5.78 Å². The second kappa shape index (κ2) is 9.68. The lowest BCUT2D eigenvalue weighted by molar-refractivity contribution is -0.154. The predicted octanol–water partition coefficient (Wildman–Crippen LogP) is 3.62. The molecule has 1 saturated carbocycles. The molecule has 0 bridgehead atoms. The van der Waals surface area contributed by atoms with Crippen molar-refractivity contribution in [3.05, 3.63) is 34.9 Å². The van der Waals surface area contributed by atoms with Crippen molar-refractivity contribution in [1.29, 1.82) is 0 Å². The summed E-state index contributed by atoms with van der Waals surface area (Å²) in [6.07, 6.45) is 1.47. The van der Waals surface area contributed by atoms with Crippen molar-refractivity contribution in [3.63, 3.8) is 0 Å². The number of carbonyl (C=O) groups excluding carboxylic acids is 4. The molecular formula is C20H24ClNO6. The molecule has 152 valence electrons. The molecule has 1 aliphatic rings. The number of likely N-dealkylation sites (N-methyl/N-ethyl adjacent to an activating group) is 1. The molecule has 1 fully saturated rings. The highest BCUT2D eigenvalue weighted by Gasteiger charge is 2.48. The van der Waals surface area contributed by atoms with E-state index in [-0.39, 0.29) is 24.4 Å². The Morgan fingerprint density at radius 2 is 1.86 bits per heavy atom. The minimum atomic E-state index is -1.22. The molecule has 1 aromatic rings. The van der Waals surface area contributed by atoms with E-state index in [2.05, 4.69) is 0 Å². The van der Waals surface area contributed by atoms with Crippen molar-refractivity contribution < 1.29 is 28.7 Å². The van der Waals surface area contributed by atoms with Crippen LogP contribution in [0, 0.1) is 0 Å². The first-order chi connectivity index (χ1) is 13.3. The lowest BCUT2D eigenvalue weighted by Crippen LogP contribution is -2.54. The summed E-state index contributed by atoms with van der Waals surface area (Å²) < 4.78 is 9.85. The Kier molecular flexibility index (Phi) is 7.57. The van der Waals surface area contributed by atoms with Crippen molar-refractivity contribution in [2.75, 3.05) is 13.8 Å². The predicted molar refractivity (Wildman–Crippen MR) is 102 cm³/mol. The number of Topliss-reactive ketones (excluding diaryl/α,β-unsaturated/α-hetero) is 2. The van der Waals surface area contributed by atoms with Gasteiger partial charge in [0.1, 0.15) is 11.3 Å². The molecule has 0 radical (unpaired) electrons. The van der Waals surface area contributed by atoms with Gasteiger partial charge in [-0.05, 0) is 32.3 Å². The SMILES string of the molecule is CC(=O)CCC(=O)OCOC(=O)N(C)[C@]1(c2ccccc2Cl)CCCCC1=O. The number of ketones is 2. The van der Waals surface area contributed by atoms with Gasteiger partial charge in [0.2, 0.25) is 6.79 Å². The fourth-order valence-electron chi connectivity index (χ4n) is 3.38. The Bertz CT molecular complexity index is 765. The molecule has 1 aliphatic carbocycles. The van der Waals surface area contributed by atoms with Gasteiger partial charge < -0.3 is 14.3 Å². The van der Waals surface area contributed by atoms with E-state index in [0.717, 1.165) is 12.8 Å². The number of halogens is 1. The average molecular weight is 410 g/mol. The van der Waals surface area contributed by atoms with Crippen LogP contribution in [0.25, 0.3) is 0 Å². The van der Waals surface area contributed by atoms with Crippen LogP contribution in [0.3, 0.4) is 0 Å². The first kappa shape index (κ1) is 21.9. The molecule has 8 heteroatoms. The second-order valence-corrected chi connectivity index (χ2v) is 7.18. The summed E-state index contributed by atoms with van der Waals surface area (Å²) in [7, 11) is 1.48. The molecule has 1 aromatic carbocycles. The zero-order chi connectivity index (χ0) is 20.7. The van der Waals surface area contributed by atoms with Gasteiger partial charge in [-0.3, -0.25) is 14.5 Å². The molecule has 2 rings (SSSR count).